The largest absolute Gasteiger partial charge is 0.373 e. The van der Waals surface area contributed by atoms with Crippen LogP contribution in [0.4, 0.5) is 5.82 Å². The molecule has 1 aromatic heterocycles. The van der Waals surface area contributed by atoms with E-state index in [1.165, 1.54) is 4.90 Å². The zero-order valence-electron chi connectivity index (χ0n) is 11.4. The summed E-state index contributed by atoms with van der Waals surface area (Å²) in [5.41, 5.74) is 1.99. The third-order valence-corrected chi connectivity index (χ3v) is 3.93. The number of benzene rings is 2. The molecule has 0 unspecified atom stereocenters. The summed E-state index contributed by atoms with van der Waals surface area (Å²) < 4.78 is 0. The van der Waals surface area contributed by atoms with Gasteiger partial charge in [-0.3, -0.25) is 0 Å². The van der Waals surface area contributed by atoms with E-state index in [1.54, 1.807) is 11.8 Å². The van der Waals surface area contributed by atoms with Crippen LogP contribution in [0.25, 0.3) is 22.3 Å². The van der Waals surface area contributed by atoms with Crippen LogP contribution in [0.1, 0.15) is 0 Å². The molecule has 0 saturated carbocycles. The van der Waals surface area contributed by atoms with Crippen LogP contribution >= 0.6 is 11.8 Å². The summed E-state index contributed by atoms with van der Waals surface area (Å²) in [7, 11) is 1.88. The minimum atomic E-state index is 0.751. The van der Waals surface area contributed by atoms with Crippen molar-refractivity contribution >= 4 is 28.5 Å². The van der Waals surface area contributed by atoms with Crippen LogP contribution in [0, 0.1) is 0 Å². The molecule has 0 aliphatic heterocycles. The molecule has 1 heterocycles. The summed E-state index contributed by atoms with van der Waals surface area (Å²) in [4.78, 5) is 10.5. The van der Waals surface area contributed by atoms with Crippen LogP contribution in [0.15, 0.2) is 53.4 Å². The molecule has 2 aromatic carbocycles. The fraction of sp³-hybridized carbons (Fsp3) is 0.125. The third kappa shape index (κ3) is 2.34. The van der Waals surface area contributed by atoms with Crippen molar-refractivity contribution in [2.24, 2.45) is 0 Å². The van der Waals surface area contributed by atoms with Gasteiger partial charge in [0.2, 0.25) is 0 Å². The number of nitrogens with zero attached hydrogens (tertiary/aromatic N) is 2. The molecule has 0 fully saturated rings. The van der Waals surface area contributed by atoms with E-state index in [0.29, 0.717) is 0 Å². The highest BCUT2D eigenvalue weighted by Crippen LogP contribution is 2.25. The first-order valence-corrected chi connectivity index (χ1v) is 7.63. The van der Waals surface area contributed by atoms with Gasteiger partial charge in [-0.05, 0) is 30.5 Å². The van der Waals surface area contributed by atoms with E-state index in [2.05, 4.69) is 45.8 Å². The highest BCUT2D eigenvalue weighted by atomic mass is 32.2. The molecule has 0 radical (unpaired) electrons. The van der Waals surface area contributed by atoms with Gasteiger partial charge in [0, 0.05) is 22.9 Å². The first-order chi connectivity index (χ1) is 9.81. The van der Waals surface area contributed by atoms with Gasteiger partial charge < -0.3 is 5.32 Å². The second-order valence-corrected chi connectivity index (χ2v) is 5.27. The summed E-state index contributed by atoms with van der Waals surface area (Å²) in [5.74, 6) is 1.61. The Morgan fingerprint density at radius 3 is 2.40 bits per heavy atom. The molecule has 20 heavy (non-hydrogen) atoms. The van der Waals surface area contributed by atoms with Gasteiger partial charge in [-0.25, -0.2) is 9.97 Å². The molecule has 0 bridgehead atoms. The molecular formula is C16H15N3S. The predicted octanol–water partition coefficient (Wildman–Crippen LogP) is 4.06. The minimum absolute atomic E-state index is 0.751. The van der Waals surface area contributed by atoms with Gasteiger partial charge in [0.15, 0.2) is 5.82 Å². The van der Waals surface area contributed by atoms with E-state index >= 15 is 0 Å². The maximum Gasteiger partial charge on any atom is 0.162 e. The molecule has 0 saturated heterocycles. The van der Waals surface area contributed by atoms with Crippen molar-refractivity contribution in [2.45, 2.75) is 4.90 Å². The maximum atomic E-state index is 4.65. The van der Waals surface area contributed by atoms with E-state index in [0.717, 1.165) is 28.1 Å². The Hall–Kier alpha value is -2.07. The molecule has 0 aliphatic carbocycles. The number of hydrogen-bond acceptors (Lipinski definition) is 4. The third-order valence-electron chi connectivity index (χ3n) is 3.19. The number of aromatic nitrogens is 2. The Kier molecular flexibility index (Phi) is 3.56. The first-order valence-electron chi connectivity index (χ1n) is 6.41. The number of nitrogens with one attached hydrogen (secondary N) is 1. The van der Waals surface area contributed by atoms with Crippen molar-refractivity contribution in [1.29, 1.82) is 0 Å². The van der Waals surface area contributed by atoms with Gasteiger partial charge >= 0.3 is 0 Å². The smallest absolute Gasteiger partial charge is 0.162 e. The fourth-order valence-corrected chi connectivity index (χ4v) is 2.54. The van der Waals surface area contributed by atoms with E-state index in [-0.39, 0.29) is 0 Å². The molecular weight excluding hydrogens is 266 g/mol. The van der Waals surface area contributed by atoms with Gasteiger partial charge in [-0.15, -0.1) is 11.8 Å². The predicted molar refractivity (Wildman–Crippen MR) is 86.3 cm³/mol. The number of anilines is 1. The number of para-hydroxylation sites is 1. The molecule has 100 valence electrons. The van der Waals surface area contributed by atoms with Gasteiger partial charge in [0.25, 0.3) is 0 Å². The Balaban J connectivity index is 2.15. The summed E-state index contributed by atoms with van der Waals surface area (Å²) in [6, 6.07) is 16.4. The van der Waals surface area contributed by atoms with Gasteiger partial charge in [-0.1, -0.05) is 24.3 Å². The van der Waals surface area contributed by atoms with Gasteiger partial charge in [-0.2, -0.15) is 0 Å². The maximum absolute atomic E-state index is 4.65. The number of fused-ring (bicyclic) bond motifs is 1. The lowest BCUT2D eigenvalue weighted by atomic mass is 10.2. The van der Waals surface area contributed by atoms with Crippen LogP contribution in [0.5, 0.6) is 0 Å². The minimum Gasteiger partial charge on any atom is -0.373 e. The standard InChI is InChI=1S/C16H15N3S/c1-17-16-13-5-3-4-6-14(13)18-15(19-16)11-7-9-12(20-2)10-8-11/h3-10H,1-2H3,(H,17,18,19). The molecule has 0 amide bonds. The van der Waals surface area contributed by atoms with Crippen molar-refractivity contribution < 1.29 is 0 Å². The summed E-state index contributed by atoms with van der Waals surface area (Å²) >= 11 is 1.73. The second-order valence-electron chi connectivity index (χ2n) is 4.39. The molecule has 4 heteroatoms. The monoisotopic (exact) mass is 281 g/mol. The summed E-state index contributed by atoms with van der Waals surface area (Å²) in [6.07, 6.45) is 2.07. The number of thioether (sulfide) groups is 1. The van der Waals surface area contributed by atoms with E-state index in [4.69, 9.17) is 0 Å². The first kappa shape index (κ1) is 12.9. The molecule has 3 nitrogen and oxygen atoms in total. The zero-order valence-corrected chi connectivity index (χ0v) is 12.2. The quantitative estimate of drug-likeness (QED) is 0.735. The van der Waals surface area contributed by atoms with Crippen LogP contribution in [-0.2, 0) is 0 Å². The lowest BCUT2D eigenvalue weighted by molar-refractivity contribution is 1.21. The average Bonchev–Trinajstić information content (AvgIpc) is 2.54. The Bertz CT molecular complexity index is 738. The fourth-order valence-electron chi connectivity index (χ4n) is 2.14. The van der Waals surface area contributed by atoms with Crippen molar-refractivity contribution in [3.05, 3.63) is 48.5 Å². The van der Waals surface area contributed by atoms with Crippen molar-refractivity contribution in [3.63, 3.8) is 0 Å². The highest BCUT2D eigenvalue weighted by Gasteiger charge is 2.07. The molecule has 0 spiro atoms. The molecule has 3 rings (SSSR count). The summed E-state index contributed by atoms with van der Waals surface area (Å²) in [6.45, 7) is 0. The highest BCUT2D eigenvalue weighted by molar-refractivity contribution is 7.98. The topological polar surface area (TPSA) is 37.8 Å². The average molecular weight is 281 g/mol. The van der Waals surface area contributed by atoms with Crippen LogP contribution < -0.4 is 5.32 Å². The molecule has 0 atom stereocenters. The molecule has 1 N–H and O–H groups in total. The SMILES string of the molecule is CNc1nc(-c2ccc(SC)cc2)nc2ccccc12. The normalized spacial score (nSPS) is 10.7. The van der Waals surface area contributed by atoms with Crippen molar-refractivity contribution in [2.75, 3.05) is 18.6 Å². The van der Waals surface area contributed by atoms with Crippen LogP contribution in [0.3, 0.4) is 0 Å². The lowest BCUT2D eigenvalue weighted by Crippen LogP contribution is -1.98. The summed E-state index contributed by atoms with van der Waals surface area (Å²) in [5, 5.41) is 4.19. The second kappa shape index (κ2) is 5.51. The van der Waals surface area contributed by atoms with Crippen molar-refractivity contribution in [3.8, 4) is 11.4 Å². The number of rotatable bonds is 3. The van der Waals surface area contributed by atoms with Crippen molar-refractivity contribution in [1.82, 2.24) is 9.97 Å². The molecule has 0 aliphatic rings. The van der Waals surface area contributed by atoms with Gasteiger partial charge in [0.1, 0.15) is 5.82 Å². The Morgan fingerprint density at radius 2 is 1.70 bits per heavy atom. The Labute approximate surface area is 122 Å². The van der Waals surface area contributed by atoms with E-state index < -0.39 is 0 Å². The Morgan fingerprint density at radius 1 is 0.950 bits per heavy atom. The van der Waals surface area contributed by atoms with E-state index in [9.17, 15) is 0 Å². The van der Waals surface area contributed by atoms with Crippen LogP contribution in [0.2, 0.25) is 0 Å². The van der Waals surface area contributed by atoms with E-state index in [1.807, 2.05) is 31.3 Å². The van der Waals surface area contributed by atoms with Crippen LogP contribution in [-0.4, -0.2) is 23.3 Å². The lowest BCUT2D eigenvalue weighted by Gasteiger charge is -2.08. The number of hydrogen-bond donors (Lipinski definition) is 1. The zero-order chi connectivity index (χ0) is 13.9. The van der Waals surface area contributed by atoms with Gasteiger partial charge in [0.05, 0.1) is 5.52 Å². The molecule has 3 aromatic rings.